The molecule has 1 nitrogen and oxygen atoms in total. The lowest BCUT2D eigenvalue weighted by Crippen LogP contribution is -2.36. The normalized spacial score (nSPS) is 12.1. The highest BCUT2D eigenvalue weighted by Gasteiger charge is 2.11. The molecule has 0 spiro atoms. The fraction of sp³-hybridized carbons (Fsp3) is 0.750. The number of hydrogen-bond acceptors (Lipinski definition) is 0. The van der Waals surface area contributed by atoms with Crippen LogP contribution in [0.3, 0.4) is 0 Å². The van der Waals surface area contributed by atoms with E-state index in [2.05, 4.69) is 34.5 Å². The van der Waals surface area contributed by atoms with E-state index < -0.39 is 0 Å². The van der Waals surface area contributed by atoms with Crippen molar-refractivity contribution in [3.8, 4) is 0 Å². The Morgan fingerprint density at radius 2 is 1.89 bits per heavy atom. The summed E-state index contributed by atoms with van der Waals surface area (Å²) < 4.78 is 0.914. The van der Waals surface area contributed by atoms with E-state index in [4.69, 9.17) is 0 Å². The average molecular weight is 128 g/mol. The summed E-state index contributed by atoms with van der Waals surface area (Å²) in [6, 6.07) is 0. The number of rotatable bonds is 3. The Morgan fingerprint density at radius 1 is 1.44 bits per heavy atom. The summed E-state index contributed by atoms with van der Waals surface area (Å²) in [5, 5.41) is 0. The van der Waals surface area contributed by atoms with Gasteiger partial charge in [-0.2, -0.15) is 0 Å². The van der Waals surface area contributed by atoms with Gasteiger partial charge in [-0.25, -0.2) is 0 Å². The Morgan fingerprint density at radius 3 is 2.00 bits per heavy atom. The molecule has 0 bridgehead atoms. The lowest BCUT2D eigenvalue weighted by atomic mass is 10.2. The fourth-order valence-electron chi connectivity index (χ4n) is 1.02. The molecular weight excluding hydrogens is 110 g/mol. The van der Waals surface area contributed by atoms with Crippen LogP contribution in [0, 0.1) is 5.92 Å². The quantitative estimate of drug-likeness (QED) is 0.509. The van der Waals surface area contributed by atoms with Crippen molar-refractivity contribution >= 4 is 0 Å². The second-order valence-electron chi connectivity index (χ2n) is 3.54. The number of quaternary nitrogens is 1. The van der Waals surface area contributed by atoms with Crippen LogP contribution in [-0.4, -0.2) is 25.1 Å². The van der Waals surface area contributed by atoms with Gasteiger partial charge in [-0.05, 0) is 6.58 Å². The monoisotopic (exact) mass is 128 g/mol. The Balaban J connectivity index is 3.71. The van der Waals surface area contributed by atoms with E-state index in [0.717, 1.165) is 10.4 Å². The first kappa shape index (κ1) is 8.70. The second-order valence-corrected chi connectivity index (χ2v) is 3.54. The van der Waals surface area contributed by atoms with E-state index in [1.807, 2.05) is 6.20 Å². The van der Waals surface area contributed by atoms with Crippen molar-refractivity contribution in [1.29, 1.82) is 0 Å². The third-order valence-electron chi connectivity index (χ3n) is 1.33. The topological polar surface area (TPSA) is 0 Å². The highest BCUT2D eigenvalue weighted by molar-refractivity contribution is 4.52. The molecule has 54 valence electrons. The van der Waals surface area contributed by atoms with Crippen LogP contribution in [0.2, 0.25) is 0 Å². The first-order chi connectivity index (χ1) is 3.98. The van der Waals surface area contributed by atoms with Gasteiger partial charge in [0.25, 0.3) is 0 Å². The minimum Gasteiger partial charge on any atom is -0.302 e. The maximum Gasteiger partial charge on any atom is 0.0881 e. The minimum atomic E-state index is 0.748. The summed E-state index contributed by atoms with van der Waals surface area (Å²) in [7, 11) is 4.32. The van der Waals surface area contributed by atoms with Crippen molar-refractivity contribution in [2.24, 2.45) is 5.92 Å². The van der Waals surface area contributed by atoms with Crippen molar-refractivity contribution in [2.45, 2.75) is 13.8 Å². The zero-order valence-corrected chi connectivity index (χ0v) is 7.02. The van der Waals surface area contributed by atoms with Crippen LogP contribution < -0.4 is 0 Å². The van der Waals surface area contributed by atoms with Crippen LogP contribution in [0.1, 0.15) is 13.8 Å². The molecule has 0 saturated heterocycles. The van der Waals surface area contributed by atoms with Gasteiger partial charge in [0.15, 0.2) is 0 Å². The van der Waals surface area contributed by atoms with Gasteiger partial charge in [-0.3, -0.25) is 0 Å². The third-order valence-corrected chi connectivity index (χ3v) is 1.33. The molecule has 0 aliphatic carbocycles. The van der Waals surface area contributed by atoms with E-state index in [1.165, 1.54) is 6.54 Å². The lowest BCUT2D eigenvalue weighted by Gasteiger charge is -2.26. The smallest absolute Gasteiger partial charge is 0.0881 e. The van der Waals surface area contributed by atoms with E-state index in [-0.39, 0.29) is 0 Å². The SMILES string of the molecule is C=C[N+](C)(C)CC(C)C. The van der Waals surface area contributed by atoms with Crippen molar-refractivity contribution in [2.75, 3.05) is 20.6 Å². The maximum absolute atomic E-state index is 3.76. The molecule has 9 heavy (non-hydrogen) atoms. The van der Waals surface area contributed by atoms with Crippen molar-refractivity contribution in [1.82, 2.24) is 0 Å². The molecule has 0 aliphatic heterocycles. The van der Waals surface area contributed by atoms with Crippen LogP contribution in [-0.2, 0) is 0 Å². The van der Waals surface area contributed by atoms with Crippen LogP contribution in [0.25, 0.3) is 0 Å². The minimum absolute atomic E-state index is 0.748. The molecule has 0 N–H and O–H groups in total. The summed E-state index contributed by atoms with van der Waals surface area (Å²) >= 11 is 0. The van der Waals surface area contributed by atoms with E-state index in [9.17, 15) is 0 Å². The molecule has 0 saturated carbocycles. The van der Waals surface area contributed by atoms with Gasteiger partial charge in [-0.15, -0.1) is 0 Å². The van der Waals surface area contributed by atoms with E-state index in [1.54, 1.807) is 0 Å². The number of nitrogens with zero attached hydrogens (tertiary/aromatic N) is 1. The standard InChI is InChI=1S/C8H18N/c1-6-9(4,5)7-8(2)3/h6,8H,1,7H2,2-5H3/q+1. The third kappa shape index (κ3) is 4.22. The van der Waals surface area contributed by atoms with Gasteiger partial charge in [0, 0.05) is 5.92 Å². The van der Waals surface area contributed by atoms with E-state index >= 15 is 0 Å². The van der Waals surface area contributed by atoms with Gasteiger partial charge < -0.3 is 4.48 Å². The average Bonchev–Trinajstić information content (AvgIpc) is 1.63. The highest BCUT2D eigenvalue weighted by Crippen LogP contribution is 2.03. The maximum atomic E-state index is 3.76. The Bertz CT molecular complexity index is 92.7. The van der Waals surface area contributed by atoms with Crippen LogP contribution >= 0.6 is 0 Å². The van der Waals surface area contributed by atoms with Crippen molar-refractivity contribution < 1.29 is 4.48 Å². The van der Waals surface area contributed by atoms with Crippen LogP contribution in [0.5, 0.6) is 0 Å². The second kappa shape index (κ2) is 3.02. The molecule has 1 heteroatoms. The molecule has 0 aliphatic rings. The van der Waals surface area contributed by atoms with Gasteiger partial charge in [-0.1, -0.05) is 13.8 Å². The highest BCUT2D eigenvalue weighted by atomic mass is 15.3. The van der Waals surface area contributed by atoms with Crippen molar-refractivity contribution in [3.63, 3.8) is 0 Å². The zero-order chi connectivity index (χ0) is 7.49. The molecule has 0 amide bonds. The van der Waals surface area contributed by atoms with E-state index in [0.29, 0.717) is 0 Å². The molecule has 0 rings (SSSR count). The summed E-state index contributed by atoms with van der Waals surface area (Å²) in [6.07, 6.45) is 1.97. The summed E-state index contributed by atoms with van der Waals surface area (Å²) in [5.74, 6) is 0.748. The Hall–Kier alpha value is -0.300. The van der Waals surface area contributed by atoms with Crippen LogP contribution in [0.15, 0.2) is 12.8 Å². The Labute approximate surface area is 58.6 Å². The fourth-order valence-corrected chi connectivity index (χ4v) is 1.02. The Kier molecular flexibility index (Phi) is 2.92. The summed E-state index contributed by atoms with van der Waals surface area (Å²) in [5.41, 5.74) is 0. The molecular formula is C8H18N+. The van der Waals surface area contributed by atoms with Gasteiger partial charge in [0.2, 0.25) is 0 Å². The van der Waals surface area contributed by atoms with Crippen molar-refractivity contribution in [3.05, 3.63) is 12.8 Å². The van der Waals surface area contributed by atoms with Gasteiger partial charge in [0.05, 0.1) is 26.8 Å². The molecule has 0 aromatic rings. The van der Waals surface area contributed by atoms with Gasteiger partial charge in [0.1, 0.15) is 0 Å². The molecule has 0 radical (unpaired) electrons. The predicted molar refractivity (Wildman–Crippen MR) is 42.0 cm³/mol. The number of hydrogen-bond donors (Lipinski definition) is 0. The molecule has 0 heterocycles. The molecule has 0 atom stereocenters. The zero-order valence-electron chi connectivity index (χ0n) is 7.02. The predicted octanol–water partition coefficient (Wildman–Crippen LogP) is 1.86. The first-order valence-corrected chi connectivity index (χ1v) is 3.44. The van der Waals surface area contributed by atoms with Gasteiger partial charge >= 0.3 is 0 Å². The lowest BCUT2D eigenvalue weighted by molar-refractivity contribution is -0.841. The molecule has 0 aromatic carbocycles. The van der Waals surface area contributed by atoms with Crippen LogP contribution in [0.4, 0.5) is 0 Å². The molecule has 0 unspecified atom stereocenters. The first-order valence-electron chi connectivity index (χ1n) is 3.44. The summed E-state index contributed by atoms with van der Waals surface area (Å²) in [4.78, 5) is 0. The molecule has 0 fully saturated rings. The molecule has 0 aromatic heterocycles. The summed E-state index contributed by atoms with van der Waals surface area (Å²) in [6.45, 7) is 9.38. The largest absolute Gasteiger partial charge is 0.302 e.